The largest absolute Gasteiger partial charge is 0.445 e. The van der Waals surface area contributed by atoms with Gasteiger partial charge >= 0.3 is 12.2 Å². The van der Waals surface area contributed by atoms with Crippen LogP contribution in [0.5, 0.6) is 0 Å². The van der Waals surface area contributed by atoms with Crippen molar-refractivity contribution >= 4 is 33.6 Å². The number of carbonyl (C=O) groups is 3. The molecule has 3 rings (SSSR count). The number of benzene rings is 1. The molecule has 1 aromatic rings. The van der Waals surface area contributed by atoms with Gasteiger partial charge in [0.2, 0.25) is 5.91 Å². The molecule has 2 fully saturated rings. The lowest BCUT2D eigenvalue weighted by Crippen LogP contribution is -2.41. The molecule has 9 nitrogen and oxygen atoms in total. The highest BCUT2D eigenvalue weighted by molar-refractivity contribution is 7.91. The van der Waals surface area contributed by atoms with Gasteiger partial charge in [-0.05, 0) is 36.5 Å². The molecule has 2 heterocycles. The summed E-state index contributed by atoms with van der Waals surface area (Å²) in [5, 5.41) is 0. The van der Waals surface area contributed by atoms with Gasteiger partial charge in [0.1, 0.15) is 28.9 Å². The second-order valence-corrected chi connectivity index (χ2v) is 9.59. The van der Waals surface area contributed by atoms with Gasteiger partial charge in [0.15, 0.2) is 0 Å². The highest BCUT2D eigenvalue weighted by atomic mass is 32.2. The first-order valence-electron chi connectivity index (χ1n) is 9.33. The fourth-order valence-corrected chi connectivity index (χ4v) is 5.15. The Balaban J connectivity index is 1.70. The van der Waals surface area contributed by atoms with Crippen LogP contribution in [0.2, 0.25) is 0 Å². The van der Waals surface area contributed by atoms with E-state index >= 15 is 0 Å². The van der Waals surface area contributed by atoms with Gasteiger partial charge in [0.25, 0.3) is 0 Å². The molecule has 11 heteroatoms. The molecule has 1 radical (unpaired) electrons. The van der Waals surface area contributed by atoms with Gasteiger partial charge in [0.05, 0.1) is 30.3 Å². The number of carbonyl (C=O) groups excluding carboxylic acids is 3. The molecule has 30 heavy (non-hydrogen) atoms. The molecule has 0 aromatic heterocycles. The highest BCUT2D eigenvalue weighted by Crippen LogP contribution is 2.33. The fraction of sp³-hybridized carbons (Fsp3) is 0.474. The van der Waals surface area contributed by atoms with Crippen LogP contribution in [-0.2, 0) is 24.1 Å². The van der Waals surface area contributed by atoms with Crippen molar-refractivity contribution in [2.75, 3.05) is 29.5 Å². The molecule has 1 aromatic carbocycles. The summed E-state index contributed by atoms with van der Waals surface area (Å²) in [6, 6.07) is 4.32. The molecule has 2 aliphatic heterocycles. The minimum absolute atomic E-state index is 0.00744. The number of halogens is 1. The normalized spacial score (nSPS) is 21.2. The quantitative estimate of drug-likeness (QED) is 0.704. The Hall–Kier alpha value is -2.69. The Morgan fingerprint density at radius 3 is 2.57 bits per heavy atom. The number of anilines is 1. The first-order valence-corrected chi connectivity index (χ1v) is 11.2. The summed E-state index contributed by atoms with van der Waals surface area (Å²) in [6.07, 6.45) is -1.80. The molecular formula is C19H22FN2O7S. The number of rotatable bonds is 4. The molecule has 0 spiro atoms. The first-order chi connectivity index (χ1) is 14.1. The summed E-state index contributed by atoms with van der Waals surface area (Å²) in [5.41, 5.74) is 0.681. The topological polar surface area (TPSA) is 110 Å². The van der Waals surface area contributed by atoms with E-state index in [1.807, 2.05) is 0 Å². The molecule has 0 N–H and O–H groups in total. The fourth-order valence-electron chi connectivity index (χ4n) is 3.66. The van der Waals surface area contributed by atoms with Crippen molar-refractivity contribution in [1.82, 2.24) is 4.90 Å². The van der Waals surface area contributed by atoms with E-state index in [1.54, 1.807) is 12.1 Å². The SMILES string of the molecule is [CH2]OC(=O)N(CC1CN(c2ccc(C3CCS(=O)(=O)CC3)c(F)c2)C(=O)O1)C(C)=O. The van der Waals surface area contributed by atoms with E-state index in [0.29, 0.717) is 18.4 Å². The number of imide groups is 1. The lowest BCUT2D eigenvalue weighted by molar-refractivity contribution is -0.127. The van der Waals surface area contributed by atoms with Gasteiger partial charge in [-0.2, -0.15) is 0 Å². The molecule has 0 bridgehead atoms. The van der Waals surface area contributed by atoms with Crippen LogP contribution in [0.3, 0.4) is 0 Å². The maximum Gasteiger partial charge on any atom is 0.416 e. The molecule has 0 aliphatic carbocycles. The van der Waals surface area contributed by atoms with Crippen molar-refractivity contribution in [3.8, 4) is 0 Å². The van der Waals surface area contributed by atoms with Gasteiger partial charge in [-0.25, -0.2) is 27.3 Å². The molecule has 1 atom stereocenters. The van der Waals surface area contributed by atoms with Gasteiger partial charge in [-0.15, -0.1) is 0 Å². The summed E-state index contributed by atoms with van der Waals surface area (Å²) in [6.45, 7) is 0.951. The molecular weight excluding hydrogens is 419 g/mol. The van der Waals surface area contributed by atoms with Crippen LogP contribution >= 0.6 is 0 Å². The molecule has 3 amide bonds. The Labute approximate surface area is 173 Å². The number of amides is 3. The van der Waals surface area contributed by atoms with Crippen molar-refractivity contribution in [3.63, 3.8) is 0 Å². The van der Waals surface area contributed by atoms with Crippen molar-refractivity contribution in [2.24, 2.45) is 0 Å². The van der Waals surface area contributed by atoms with Gasteiger partial charge in [-0.3, -0.25) is 9.69 Å². The van der Waals surface area contributed by atoms with Crippen LogP contribution in [0.25, 0.3) is 0 Å². The van der Waals surface area contributed by atoms with E-state index in [-0.39, 0.29) is 36.2 Å². The average molecular weight is 441 g/mol. The number of nitrogens with zero attached hydrogens (tertiary/aromatic N) is 2. The van der Waals surface area contributed by atoms with E-state index in [1.165, 1.54) is 11.0 Å². The van der Waals surface area contributed by atoms with Crippen molar-refractivity contribution in [2.45, 2.75) is 31.8 Å². The molecule has 1 unspecified atom stereocenters. The molecule has 2 saturated heterocycles. The lowest BCUT2D eigenvalue weighted by Gasteiger charge is -2.23. The summed E-state index contributed by atoms with van der Waals surface area (Å²) in [5.74, 6) is -1.26. The Bertz CT molecular complexity index is 952. The van der Waals surface area contributed by atoms with E-state index in [2.05, 4.69) is 11.8 Å². The minimum Gasteiger partial charge on any atom is -0.445 e. The predicted octanol–water partition coefficient (Wildman–Crippen LogP) is 2.22. The zero-order chi connectivity index (χ0) is 22.1. The Kier molecular flexibility index (Phi) is 6.30. The van der Waals surface area contributed by atoms with Crippen molar-refractivity contribution in [3.05, 3.63) is 36.7 Å². The molecule has 0 saturated carbocycles. The first kappa shape index (κ1) is 22.0. The maximum absolute atomic E-state index is 14.7. The average Bonchev–Trinajstić information content (AvgIpc) is 3.06. The number of ether oxygens (including phenoxy) is 2. The second-order valence-electron chi connectivity index (χ2n) is 7.29. The third-order valence-corrected chi connectivity index (χ3v) is 6.99. The zero-order valence-electron chi connectivity index (χ0n) is 16.4. The van der Waals surface area contributed by atoms with E-state index in [4.69, 9.17) is 4.74 Å². The number of cyclic esters (lactones) is 1. The Morgan fingerprint density at radius 2 is 2.00 bits per heavy atom. The van der Waals surface area contributed by atoms with Gasteiger partial charge in [-0.1, -0.05) is 6.07 Å². The monoisotopic (exact) mass is 441 g/mol. The summed E-state index contributed by atoms with van der Waals surface area (Å²) in [4.78, 5) is 37.4. The summed E-state index contributed by atoms with van der Waals surface area (Å²) < 4.78 is 47.4. The van der Waals surface area contributed by atoms with Crippen molar-refractivity contribution in [1.29, 1.82) is 0 Å². The van der Waals surface area contributed by atoms with Crippen LogP contribution in [0.4, 0.5) is 19.7 Å². The third kappa shape index (κ3) is 4.72. The summed E-state index contributed by atoms with van der Waals surface area (Å²) >= 11 is 0. The number of hydrogen-bond donors (Lipinski definition) is 0. The van der Waals surface area contributed by atoms with Crippen LogP contribution in [0.15, 0.2) is 18.2 Å². The van der Waals surface area contributed by atoms with Crippen LogP contribution in [0.1, 0.15) is 31.2 Å². The van der Waals surface area contributed by atoms with Crippen LogP contribution in [0, 0.1) is 12.9 Å². The maximum atomic E-state index is 14.7. The summed E-state index contributed by atoms with van der Waals surface area (Å²) in [7, 11) is -0.0835. The highest BCUT2D eigenvalue weighted by Gasteiger charge is 2.36. The predicted molar refractivity (Wildman–Crippen MR) is 104 cm³/mol. The lowest BCUT2D eigenvalue weighted by atomic mass is 9.93. The van der Waals surface area contributed by atoms with Gasteiger partial charge < -0.3 is 9.47 Å². The second kappa shape index (κ2) is 8.58. The molecule has 2 aliphatic rings. The van der Waals surface area contributed by atoms with E-state index < -0.39 is 39.9 Å². The third-order valence-electron chi connectivity index (χ3n) is 5.27. The minimum atomic E-state index is -3.05. The van der Waals surface area contributed by atoms with E-state index in [9.17, 15) is 27.2 Å². The van der Waals surface area contributed by atoms with E-state index in [0.717, 1.165) is 11.8 Å². The van der Waals surface area contributed by atoms with Crippen LogP contribution in [-0.4, -0.2) is 62.1 Å². The number of sulfone groups is 1. The standard InChI is InChI=1S/C19H22FN2O7S/c1-12(23)21(18(24)28-2)10-15-11-22(19(25)29-15)14-3-4-16(17(20)9-14)13-5-7-30(26,27)8-6-13/h3-4,9,13,15H,2,5-8,10-11H2,1H3. The number of hydrogen-bond acceptors (Lipinski definition) is 7. The molecule has 163 valence electrons. The smallest absolute Gasteiger partial charge is 0.416 e. The Morgan fingerprint density at radius 1 is 1.33 bits per heavy atom. The van der Waals surface area contributed by atoms with Gasteiger partial charge in [0, 0.05) is 6.92 Å². The zero-order valence-corrected chi connectivity index (χ0v) is 17.2. The van der Waals surface area contributed by atoms with Crippen LogP contribution < -0.4 is 4.90 Å². The van der Waals surface area contributed by atoms with Crippen molar-refractivity contribution < 1.29 is 36.7 Å².